The van der Waals surface area contributed by atoms with Crippen LogP contribution in [0.1, 0.15) is 18.9 Å². The third-order valence-corrected chi connectivity index (χ3v) is 5.01. The molecule has 1 aliphatic heterocycles. The van der Waals surface area contributed by atoms with E-state index < -0.39 is 5.97 Å². The average Bonchev–Trinajstić information content (AvgIpc) is 2.45. The number of carbonyl (C=O) groups is 1. The first-order chi connectivity index (χ1) is 9.61. The molecule has 5 heteroatoms. The van der Waals surface area contributed by atoms with E-state index in [9.17, 15) is 4.79 Å². The number of nitrogens with zero attached hydrogens (tertiary/aromatic N) is 1. The van der Waals surface area contributed by atoms with Crippen LogP contribution in [0.5, 0.6) is 0 Å². The Morgan fingerprint density at radius 3 is 3.10 bits per heavy atom. The lowest BCUT2D eigenvalue weighted by atomic mass is 10.1. The number of benzene rings is 1. The van der Waals surface area contributed by atoms with Crippen LogP contribution in [0.4, 0.5) is 5.69 Å². The van der Waals surface area contributed by atoms with Gasteiger partial charge >= 0.3 is 5.97 Å². The van der Waals surface area contributed by atoms with Gasteiger partial charge in [0.05, 0.1) is 10.7 Å². The van der Waals surface area contributed by atoms with Gasteiger partial charge in [0.2, 0.25) is 0 Å². The summed E-state index contributed by atoms with van der Waals surface area (Å²) in [5.74, 6) is 0.128. The highest BCUT2D eigenvalue weighted by molar-refractivity contribution is 8.00. The van der Waals surface area contributed by atoms with Crippen LogP contribution >= 0.6 is 23.4 Å². The van der Waals surface area contributed by atoms with Crippen molar-refractivity contribution in [1.82, 2.24) is 0 Å². The molecule has 0 aromatic heterocycles. The highest BCUT2D eigenvalue weighted by atomic mass is 35.5. The van der Waals surface area contributed by atoms with Gasteiger partial charge in [-0.15, -0.1) is 0 Å². The van der Waals surface area contributed by atoms with Crippen molar-refractivity contribution in [3.8, 4) is 0 Å². The van der Waals surface area contributed by atoms with Gasteiger partial charge in [0.15, 0.2) is 0 Å². The fourth-order valence-electron chi connectivity index (χ4n) is 2.33. The monoisotopic (exact) mass is 311 g/mol. The molecular weight excluding hydrogens is 294 g/mol. The number of halogens is 1. The number of carboxylic acids is 1. The molecule has 1 aliphatic rings. The molecule has 1 aromatic carbocycles. The molecule has 0 aliphatic carbocycles. The minimum atomic E-state index is -0.948. The van der Waals surface area contributed by atoms with E-state index in [1.807, 2.05) is 30.0 Å². The summed E-state index contributed by atoms with van der Waals surface area (Å²) in [7, 11) is 0. The Hall–Kier alpha value is -1.13. The van der Waals surface area contributed by atoms with Crippen molar-refractivity contribution in [2.75, 3.05) is 23.7 Å². The van der Waals surface area contributed by atoms with Crippen molar-refractivity contribution in [2.45, 2.75) is 18.6 Å². The molecule has 1 heterocycles. The second-order valence-corrected chi connectivity index (χ2v) is 6.51. The van der Waals surface area contributed by atoms with E-state index in [2.05, 4.69) is 11.8 Å². The van der Waals surface area contributed by atoms with Crippen LogP contribution in [0.15, 0.2) is 24.3 Å². The van der Waals surface area contributed by atoms with Crippen molar-refractivity contribution in [3.63, 3.8) is 0 Å². The van der Waals surface area contributed by atoms with Gasteiger partial charge in [-0.25, -0.2) is 4.79 Å². The normalized spacial score (nSPS) is 19.5. The van der Waals surface area contributed by atoms with Crippen molar-refractivity contribution < 1.29 is 9.90 Å². The van der Waals surface area contributed by atoms with Gasteiger partial charge in [0.25, 0.3) is 0 Å². The van der Waals surface area contributed by atoms with Crippen molar-refractivity contribution in [1.29, 1.82) is 0 Å². The number of anilines is 1. The Morgan fingerprint density at radius 1 is 1.60 bits per heavy atom. The zero-order chi connectivity index (χ0) is 14.5. The summed E-state index contributed by atoms with van der Waals surface area (Å²) in [5.41, 5.74) is 1.81. The number of thioether (sulfide) groups is 1. The van der Waals surface area contributed by atoms with Gasteiger partial charge in [0, 0.05) is 30.2 Å². The molecule has 2 rings (SSSR count). The zero-order valence-corrected chi connectivity index (χ0v) is 13.0. The predicted molar refractivity (Wildman–Crippen MR) is 86.9 cm³/mol. The van der Waals surface area contributed by atoms with E-state index in [1.165, 1.54) is 0 Å². The van der Waals surface area contributed by atoms with Gasteiger partial charge in [0.1, 0.15) is 0 Å². The molecular formula is C15H18ClNO2S. The molecule has 0 radical (unpaired) electrons. The SMILES string of the molecule is CCC1CN(c2c(Cl)cccc2/C=C/C(=O)O)CCS1. The van der Waals surface area contributed by atoms with E-state index in [4.69, 9.17) is 16.7 Å². The zero-order valence-electron chi connectivity index (χ0n) is 11.4. The lowest BCUT2D eigenvalue weighted by Gasteiger charge is -2.35. The van der Waals surface area contributed by atoms with Gasteiger partial charge in [-0.2, -0.15) is 11.8 Å². The van der Waals surface area contributed by atoms with Gasteiger partial charge in [-0.05, 0) is 24.1 Å². The number of carboxylic acid groups (broad SMARTS) is 1. The Kier molecular flexibility index (Phi) is 5.38. The summed E-state index contributed by atoms with van der Waals surface area (Å²) in [6.45, 7) is 4.09. The molecule has 3 nitrogen and oxygen atoms in total. The van der Waals surface area contributed by atoms with Gasteiger partial charge in [-0.1, -0.05) is 30.7 Å². The summed E-state index contributed by atoms with van der Waals surface area (Å²) in [5, 5.41) is 10.1. The van der Waals surface area contributed by atoms with Crippen molar-refractivity contribution >= 4 is 41.1 Å². The molecule has 1 atom stereocenters. The Morgan fingerprint density at radius 2 is 2.40 bits per heavy atom. The van der Waals surface area contributed by atoms with Crippen LogP contribution in [-0.4, -0.2) is 35.2 Å². The third-order valence-electron chi connectivity index (χ3n) is 3.33. The number of hydrogen-bond acceptors (Lipinski definition) is 3. The largest absolute Gasteiger partial charge is 0.478 e. The van der Waals surface area contributed by atoms with E-state index in [1.54, 1.807) is 6.08 Å². The average molecular weight is 312 g/mol. The second-order valence-electron chi connectivity index (χ2n) is 4.70. The minimum Gasteiger partial charge on any atom is -0.478 e. The minimum absolute atomic E-state index is 0.608. The quantitative estimate of drug-likeness (QED) is 0.859. The highest BCUT2D eigenvalue weighted by Gasteiger charge is 2.22. The smallest absolute Gasteiger partial charge is 0.328 e. The molecule has 1 saturated heterocycles. The fraction of sp³-hybridized carbons (Fsp3) is 0.400. The van der Waals surface area contributed by atoms with Crippen LogP contribution in [0.2, 0.25) is 5.02 Å². The van der Waals surface area contributed by atoms with Crippen LogP contribution in [0, 0.1) is 0 Å². The van der Waals surface area contributed by atoms with E-state index >= 15 is 0 Å². The molecule has 1 unspecified atom stereocenters. The van der Waals surface area contributed by atoms with Crippen LogP contribution in [-0.2, 0) is 4.79 Å². The summed E-state index contributed by atoms with van der Waals surface area (Å²) in [4.78, 5) is 13.0. The van der Waals surface area contributed by atoms with Gasteiger partial charge in [-0.3, -0.25) is 0 Å². The first kappa shape index (κ1) is 15.3. The molecule has 0 bridgehead atoms. The Labute approximate surface area is 128 Å². The van der Waals surface area contributed by atoms with Crippen LogP contribution < -0.4 is 4.90 Å². The van der Waals surface area contributed by atoms with E-state index in [-0.39, 0.29) is 0 Å². The first-order valence-corrected chi connectivity index (χ1v) is 8.10. The summed E-state index contributed by atoms with van der Waals surface area (Å²) in [6, 6.07) is 5.62. The number of rotatable bonds is 4. The highest BCUT2D eigenvalue weighted by Crippen LogP contribution is 2.34. The van der Waals surface area contributed by atoms with E-state index in [0.29, 0.717) is 10.3 Å². The van der Waals surface area contributed by atoms with Crippen molar-refractivity contribution in [3.05, 3.63) is 34.9 Å². The number of aliphatic carboxylic acids is 1. The topological polar surface area (TPSA) is 40.5 Å². The van der Waals surface area contributed by atoms with E-state index in [0.717, 1.165) is 42.6 Å². The third kappa shape index (κ3) is 3.70. The van der Waals surface area contributed by atoms with Gasteiger partial charge < -0.3 is 10.0 Å². The summed E-state index contributed by atoms with van der Waals surface area (Å²) in [6.07, 6.45) is 3.91. The lowest BCUT2D eigenvalue weighted by molar-refractivity contribution is -0.131. The second kappa shape index (κ2) is 7.04. The maximum Gasteiger partial charge on any atom is 0.328 e. The fourth-order valence-corrected chi connectivity index (χ4v) is 3.81. The summed E-state index contributed by atoms with van der Waals surface area (Å²) >= 11 is 8.33. The standard InChI is InChI=1S/C15H18ClNO2S/c1-2-12-10-17(8-9-20-12)15-11(6-7-14(18)19)4-3-5-13(15)16/h3-7,12H,2,8-10H2,1H3,(H,18,19)/b7-6+. The molecule has 1 aromatic rings. The molecule has 0 amide bonds. The van der Waals surface area contributed by atoms with Crippen LogP contribution in [0.3, 0.4) is 0 Å². The lowest BCUT2D eigenvalue weighted by Crippen LogP contribution is -2.38. The predicted octanol–water partition coefficient (Wildman–Crippen LogP) is 3.77. The molecule has 0 saturated carbocycles. The molecule has 1 N–H and O–H groups in total. The number of hydrogen-bond donors (Lipinski definition) is 1. The van der Waals surface area contributed by atoms with Crippen LogP contribution in [0.25, 0.3) is 6.08 Å². The number of para-hydroxylation sites is 1. The Bertz CT molecular complexity index is 519. The maximum atomic E-state index is 10.7. The molecule has 0 spiro atoms. The Balaban J connectivity index is 2.31. The maximum absolute atomic E-state index is 10.7. The molecule has 1 fully saturated rings. The summed E-state index contributed by atoms with van der Waals surface area (Å²) < 4.78 is 0. The molecule has 108 valence electrons. The first-order valence-electron chi connectivity index (χ1n) is 6.68. The van der Waals surface area contributed by atoms with Crippen molar-refractivity contribution in [2.24, 2.45) is 0 Å². The molecule has 20 heavy (non-hydrogen) atoms.